The largest absolute Gasteiger partial charge is 0.374 e. The molecule has 1 unspecified atom stereocenters. The van der Waals surface area contributed by atoms with Gasteiger partial charge in [-0.25, -0.2) is 0 Å². The van der Waals surface area contributed by atoms with Crippen LogP contribution in [0.25, 0.3) is 0 Å². The van der Waals surface area contributed by atoms with Crippen LogP contribution in [-0.4, -0.2) is 24.8 Å². The predicted molar refractivity (Wildman–Crippen MR) is 83.5 cm³/mol. The Labute approximate surface area is 120 Å². The normalized spacial score (nSPS) is 29.2. The second-order valence-electron chi connectivity index (χ2n) is 6.10. The molecule has 2 nitrogen and oxygen atoms in total. The Morgan fingerprint density at radius 3 is 2.42 bits per heavy atom. The van der Waals surface area contributed by atoms with Gasteiger partial charge in [0.25, 0.3) is 0 Å². The summed E-state index contributed by atoms with van der Waals surface area (Å²) in [6, 6.07) is 0.428. The molecule has 1 atom stereocenters. The summed E-state index contributed by atoms with van der Waals surface area (Å²) in [5, 5.41) is 3.67. The molecule has 2 heteroatoms. The van der Waals surface area contributed by atoms with Crippen molar-refractivity contribution in [2.45, 2.75) is 77.9 Å². The molecule has 0 heterocycles. The SMILES string of the molecule is C=C(CC)CC(NCC)C1(OCC)CCC(C)CC1. The molecular weight excluding hydrogens is 234 g/mol. The summed E-state index contributed by atoms with van der Waals surface area (Å²) in [6.07, 6.45) is 7.09. The smallest absolute Gasteiger partial charge is 0.0837 e. The Morgan fingerprint density at radius 1 is 1.32 bits per heavy atom. The van der Waals surface area contributed by atoms with Crippen molar-refractivity contribution in [3.8, 4) is 0 Å². The fourth-order valence-corrected chi connectivity index (χ4v) is 3.26. The molecule has 1 aliphatic carbocycles. The maximum absolute atomic E-state index is 6.28. The van der Waals surface area contributed by atoms with Crippen LogP contribution in [0, 0.1) is 5.92 Å². The lowest BCUT2D eigenvalue weighted by Crippen LogP contribution is -2.54. The van der Waals surface area contributed by atoms with Crippen molar-refractivity contribution in [3.63, 3.8) is 0 Å². The van der Waals surface area contributed by atoms with Gasteiger partial charge in [-0.15, -0.1) is 0 Å². The summed E-state index contributed by atoms with van der Waals surface area (Å²) in [5.74, 6) is 0.852. The molecule has 19 heavy (non-hydrogen) atoms. The van der Waals surface area contributed by atoms with Crippen LogP contribution in [0.4, 0.5) is 0 Å². The van der Waals surface area contributed by atoms with Gasteiger partial charge in [0.05, 0.1) is 5.60 Å². The van der Waals surface area contributed by atoms with Crippen molar-refractivity contribution in [2.24, 2.45) is 5.92 Å². The van der Waals surface area contributed by atoms with Crippen molar-refractivity contribution in [1.29, 1.82) is 0 Å². The summed E-state index contributed by atoms with van der Waals surface area (Å²) in [4.78, 5) is 0. The van der Waals surface area contributed by atoms with Gasteiger partial charge in [0.2, 0.25) is 0 Å². The first-order valence-corrected chi connectivity index (χ1v) is 8.11. The molecule has 1 aliphatic rings. The minimum atomic E-state index is 0.0371. The van der Waals surface area contributed by atoms with Crippen LogP contribution in [0.1, 0.15) is 66.2 Å². The number of ether oxygens (including phenoxy) is 1. The van der Waals surface area contributed by atoms with Crippen LogP contribution in [0.2, 0.25) is 0 Å². The van der Waals surface area contributed by atoms with E-state index in [-0.39, 0.29) is 5.60 Å². The standard InChI is InChI=1S/C17H33NO/c1-6-14(4)13-16(18-7-2)17(19-8-3)11-9-15(5)10-12-17/h15-16,18H,4,6-13H2,1-3,5H3. The van der Waals surface area contributed by atoms with Crippen molar-refractivity contribution >= 4 is 0 Å². The van der Waals surface area contributed by atoms with Crippen molar-refractivity contribution < 1.29 is 4.74 Å². The van der Waals surface area contributed by atoms with E-state index in [4.69, 9.17) is 4.74 Å². The van der Waals surface area contributed by atoms with Gasteiger partial charge in [0.15, 0.2) is 0 Å². The van der Waals surface area contributed by atoms with E-state index in [1.807, 2.05) is 0 Å². The minimum Gasteiger partial charge on any atom is -0.374 e. The lowest BCUT2D eigenvalue weighted by atomic mass is 9.73. The predicted octanol–water partition coefficient (Wildman–Crippen LogP) is 4.31. The Balaban J connectivity index is 2.81. The van der Waals surface area contributed by atoms with E-state index in [0.29, 0.717) is 6.04 Å². The summed E-state index contributed by atoms with van der Waals surface area (Å²) < 4.78 is 6.28. The van der Waals surface area contributed by atoms with E-state index in [2.05, 4.69) is 39.6 Å². The topological polar surface area (TPSA) is 21.3 Å². The molecule has 1 saturated carbocycles. The highest BCUT2D eigenvalue weighted by Crippen LogP contribution is 2.39. The van der Waals surface area contributed by atoms with Crippen LogP contribution < -0.4 is 5.32 Å². The summed E-state index contributed by atoms with van der Waals surface area (Å²) in [6.45, 7) is 14.9. The molecule has 0 amide bonds. The van der Waals surface area contributed by atoms with Crippen molar-refractivity contribution in [1.82, 2.24) is 5.32 Å². The van der Waals surface area contributed by atoms with Gasteiger partial charge in [-0.05, 0) is 57.9 Å². The number of nitrogens with one attached hydrogen (secondary N) is 1. The monoisotopic (exact) mass is 267 g/mol. The van der Waals surface area contributed by atoms with Gasteiger partial charge in [0, 0.05) is 12.6 Å². The van der Waals surface area contributed by atoms with E-state index in [9.17, 15) is 0 Å². The van der Waals surface area contributed by atoms with Gasteiger partial charge >= 0.3 is 0 Å². The highest BCUT2D eigenvalue weighted by Gasteiger charge is 2.41. The summed E-state index contributed by atoms with van der Waals surface area (Å²) >= 11 is 0. The number of hydrogen-bond donors (Lipinski definition) is 1. The molecule has 1 rings (SSSR count). The number of hydrogen-bond acceptors (Lipinski definition) is 2. The molecule has 0 aromatic rings. The molecule has 112 valence electrons. The molecule has 0 radical (unpaired) electrons. The molecule has 0 aliphatic heterocycles. The maximum atomic E-state index is 6.28. The van der Waals surface area contributed by atoms with Gasteiger partial charge in [0.1, 0.15) is 0 Å². The highest BCUT2D eigenvalue weighted by molar-refractivity contribution is 5.05. The Hall–Kier alpha value is -0.340. The zero-order valence-electron chi connectivity index (χ0n) is 13.4. The fraction of sp³-hybridized carbons (Fsp3) is 0.882. The molecule has 1 N–H and O–H groups in total. The van der Waals surface area contributed by atoms with Crippen LogP contribution in [0.15, 0.2) is 12.2 Å². The molecule has 1 fully saturated rings. The van der Waals surface area contributed by atoms with Crippen LogP contribution in [0.5, 0.6) is 0 Å². The van der Waals surface area contributed by atoms with E-state index in [0.717, 1.165) is 31.9 Å². The summed E-state index contributed by atoms with van der Waals surface area (Å²) in [7, 11) is 0. The maximum Gasteiger partial charge on any atom is 0.0837 e. The Morgan fingerprint density at radius 2 is 1.95 bits per heavy atom. The van der Waals surface area contributed by atoms with Gasteiger partial charge in [-0.3, -0.25) is 0 Å². The van der Waals surface area contributed by atoms with Crippen LogP contribution in [0.3, 0.4) is 0 Å². The average molecular weight is 267 g/mol. The van der Waals surface area contributed by atoms with Crippen molar-refractivity contribution in [3.05, 3.63) is 12.2 Å². The van der Waals surface area contributed by atoms with Gasteiger partial charge in [-0.2, -0.15) is 0 Å². The van der Waals surface area contributed by atoms with Crippen molar-refractivity contribution in [2.75, 3.05) is 13.2 Å². The molecule has 0 aromatic heterocycles. The molecular formula is C17H33NO. The Kier molecular flexibility index (Phi) is 7.09. The Bertz CT molecular complexity index is 266. The zero-order valence-corrected chi connectivity index (χ0v) is 13.4. The highest BCUT2D eigenvalue weighted by atomic mass is 16.5. The van der Waals surface area contributed by atoms with E-state index in [1.165, 1.54) is 31.3 Å². The second kappa shape index (κ2) is 8.06. The second-order valence-corrected chi connectivity index (χ2v) is 6.10. The fourth-order valence-electron chi connectivity index (χ4n) is 3.26. The van der Waals surface area contributed by atoms with E-state index in [1.54, 1.807) is 0 Å². The average Bonchev–Trinajstić information content (AvgIpc) is 2.41. The minimum absolute atomic E-state index is 0.0371. The first-order valence-electron chi connectivity index (χ1n) is 8.11. The lowest BCUT2D eigenvalue weighted by Gasteiger charge is -2.45. The molecule has 0 saturated heterocycles. The van der Waals surface area contributed by atoms with E-state index >= 15 is 0 Å². The third-order valence-electron chi connectivity index (χ3n) is 4.63. The third-order valence-corrected chi connectivity index (χ3v) is 4.63. The molecule has 0 spiro atoms. The van der Waals surface area contributed by atoms with Gasteiger partial charge < -0.3 is 10.1 Å². The zero-order chi connectivity index (χ0) is 14.3. The first kappa shape index (κ1) is 16.7. The van der Waals surface area contributed by atoms with Crippen LogP contribution >= 0.6 is 0 Å². The first-order chi connectivity index (χ1) is 9.07. The number of likely N-dealkylation sites (N-methyl/N-ethyl adjacent to an activating group) is 1. The lowest BCUT2D eigenvalue weighted by molar-refractivity contribution is -0.0958. The van der Waals surface area contributed by atoms with Crippen LogP contribution in [-0.2, 0) is 4.74 Å². The molecule has 0 aromatic carbocycles. The number of rotatable bonds is 8. The van der Waals surface area contributed by atoms with Gasteiger partial charge in [-0.1, -0.05) is 32.9 Å². The quantitative estimate of drug-likeness (QED) is 0.662. The van der Waals surface area contributed by atoms with E-state index < -0.39 is 0 Å². The molecule has 0 bridgehead atoms. The summed E-state index contributed by atoms with van der Waals surface area (Å²) in [5.41, 5.74) is 1.37. The third kappa shape index (κ3) is 4.61.